The normalized spacial score (nSPS) is 15.6. The average molecular weight is 227 g/mol. The van der Waals surface area contributed by atoms with Gasteiger partial charge in [0, 0.05) is 23.3 Å². The van der Waals surface area contributed by atoms with Crippen molar-refractivity contribution in [3.05, 3.63) is 35.0 Å². The fourth-order valence-electron chi connectivity index (χ4n) is 2.58. The van der Waals surface area contributed by atoms with Crippen LogP contribution in [0.15, 0.2) is 18.2 Å². The van der Waals surface area contributed by atoms with Crippen molar-refractivity contribution in [1.29, 1.82) is 0 Å². The molecule has 0 spiro atoms. The van der Waals surface area contributed by atoms with Crippen LogP contribution in [0.3, 0.4) is 0 Å². The maximum Gasteiger partial charge on any atom is 0.0709 e. The van der Waals surface area contributed by atoms with E-state index in [1.165, 1.54) is 28.6 Å². The molecule has 2 aromatic rings. The number of rotatable bonds is 0. The summed E-state index contributed by atoms with van der Waals surface area (Å²) in [5, 5.41) is 4.64. The van der Waals surface area contributed by atoms with Crippen molar-refractivity contribution in [2.24, 2.45) is 0 Å². The lowest BCUT2D eigenvalue weighted by Crippen LogP contribution is -2.13. The number of pyridine rings is 1. The fraction of sp³-hybridized carbons (Fsp3) is 0.357. The molecule has 1 aliphatic heterocycles. The summed E-state index contributed by atoms with van der Waals surface area (Å²) in [7, 11) is 0. The number of benzene rings is 1. The Morgan fingerprint density at radius 1 is 1.35 bits per heavy atom. The number of hydrogen-bond donors (Lipinski definition) is 2. The molecule has 0 fully saturated rings. The maximum atomic E-state index is 5.86. The van der Waals surface area contributed by atoms with E-state index in [-0.39, 0.29) is 0 Å². The first-order valence-electron chi connectivity index (χ1n) is 6.14. The first-order chi connectivity index (χ1) is 8.25. The Hall–Kier alpha value is -1.61. The fourth-order valence-corrected chi connectivity index (χ4v) is 2.58. The van der Waals surface area contributed by atoms with Crippen LogP contribution in [0, 0.1) is 6.92 Å². The van der Waals surface area contributed by atoms with E-state index in [1.807, 2.05) is 18.2 Å². The summed E-state index contributed by atoms with van der Waals surface area (Å²) in [6.45, 7) is 4.18. The summed E-state index contributed by atoms with van der Waals surface area (Å²) in [5.74, 6) is 0. The minimum absolute atomic E-state index is 0.809. The van der Waals surface area contributed by atoms with Crippen LogP contribution in [-0.2, 0) is 13.0 Å². The number of nitrogens with one attached hydrogen (secondary N) is 1. The van der Waals surface area contributed by atoms with Crippen molar-refractivity contribution in [1.82, 2.24) is 10.3 Å². The zero-order chi connectivity index (χ0) is 11.8. The van der Waals surface area contributed by atoms with Gasteiger partial charge in [0.2, 0.25) is 0 Å². The van der Waals surface area contributed by atoms with Crippen LogP contribution in [0.5, 0.6) is 0 Å². The van der Waals surface area contributed by atoms with E-state index in [1.54, 1.807) is 0 Å². The van der Waals surface area contributed by atoms with E-state index < -0.39 is 0 Å². The molecule has 0 bridgehead atoms. The number of nitrogens with zero attached hydrogens (tertiary/aromatic N) is 1. The number of nitrogens with two attached hydrogens (primary N) is 1. The van der Waals surface area contributed by atoms with Gasteiger partial charge < -0.3 is 11.1 Å². The Labute approximate surface area is 101 Å². The molecule has 17 heavy (non-hydrogen) atoms. The molecule has 1 aliphatic rings. The molecule has 0 aliphatic carbocycles. The maximum absolute atomic E-state index is 5.86. The quantitative estimate of drug-likeness (QED) is 0.678. The van der Waals surface area contributed by atoms with Gasteiger partial charge in [-0.25, -0.2) is 0 Å². The second kappa shape index (κ2) is 4.00. The van der Waals surface area contributed by atoms with E-state index in [0.29, 0.717) is 0 Å². The van der Waals surface area contributed by atoms with Crippen LogP contribution in [-0.4, -0.2) is 11.5 Å². The predicted octanol–water partition coefficient (Wildman–Crippen LogP) is 2.16. The molecule has 0 atom stereocenters. The molecule has 3 nitrogen and oxygen atoms in total. The van der Waals surface area contributed by atoms with Crippen LogP contribution < -0.4 is 11.1 Å². The van der Waals surface area contributed by atoms with Crippen LogP contribution in [0.2, 0.25) is 0 Å². The molecule has 0 saturated heterocycles. The number of aryl methyl sites for hydroxylation is 2. The Morgan fingerprint density at radius 3 is 3.12 bits per heavy atom. The van der Waals surface area contributed by atoms with Gasteiger partial charge >= 0.3 is 0 Å². The van der Waals surface area contributed by atoms with Crippen molar-refractivity contribution in [3.63, 3.8) is 0 Å². The third-order valence-corrected chi connectivity index (χ3v) is 3.55. The second-order valence-corrected chi connectivity index (χ2v) is 4.72. The molecule has 2 heterocycles. The Morgan fingerprint density at radius 2 is 2.24 bits per heavy atom. The largest absolute Gasteiger partial charge is 0.399 e. The summed E-state index contributed by atoms with van der Waals surface area (Å²) < 4.78 is 0. The number of anilines is 1. The summed E-state index contributed by atoms with van der Waals surface area (Å²) in [4.78, 5) is 4.78. The van der Waals surface area contributed by atoms with Crippen molar-refractivity contribution in [2.75, 3.05) is 12.3 Å². The van der Waals surface area contributed by atoms with Gasteiger partial charge in [0.05, 0.1) is 5.52 Å². The SMILES string of the molecule is Cc1c2c(nc3ccc(N)cc13)CCCNC2. The summed E-state index contributed by atoms with van der Waals surface area (Å²) in [6, 6.07) is 5.98. The number of fused-ring (bicyclic) bond motifs is 2. The van der Waals surface area contributed by atoms with Gasteiger partial charge in [-0.1, -0.05) is 0 Å². The zero-order valence-electron chi connectivity index (χ0n) is 10.1. The Kier molecular flexibility index (Phi) is 2.48. The highest BCUT2D eigenvalue weighted by Crippen LogP contribution is 2.26. The molecule has 3 heteroatoms. The number of nitrogen functional groups attached to an aromatic ring is 1. The third-order valence-electron chi connectivity index (χ3n) is 3.55. The minimum Gasteiger partial charge on any atom is -0.399 e. The minimum atomic E-state index is 0.809. The van der Waals surface area contributed by atoms with Crippen molar-refractivity contribution in [2.45, 2.75) is 26.3 Å². The standard InChI is InChI=1S/C14H17N3/c1-9-11-7-10(15)4-5-14(11)17-13-3-2-6-16-8-12(9)13/h4-5,7,16H,2-3,6,8,15H2,1H3. The smallest absolute Gasteiger partial charge is 0.0709 e. The van der Waals surface area contributed by atoms with E-state index in [2.05, 4.69) is 12.2 Å². The lowest BCUT2D eigenvalue weighted by atomic mass is 10.00. The molecule has 88 valence electrons. The van der Waals surface area contributed by atoms with E-state index in [9.17, 15) is 0 Å². The van der Waals surface area contributed by atoms with Crippen LogP contribution >= 0.6 is 0 Å². The van der Waals surface area contributed by atoms with Crippen molar-refractivity contribution >= 4 is 16.6 Å². The molecule has 0 amide bonds. The van der Waals surface area contributed by atoms with Gasteiger partial charge in [0.15, 0.2) is 0 Å². The summed E-state index contributed by atoms with van der Waals surface area (Å²) in [5.41, 5.74) is 11.7. The van der Waals surface area contributed by atoms with Gasteiger partial charge in [-0.3, -0.25) is 4.98 Å². The van der Waals surface area contributed by atoms with Gasteiger partial charge in [0.25, 0.3) is 0 Å². The van der Waals surface area contributed by atoms with Crippen LogP contribution in [0.4, 0.5) is 5.69 Å². The molecule has 3 N–H and O–H groups in total. The first-order valence-corrected chi connectivity index (χ1v) is 6.14. The molecular weight excluding hydrogens is 210 g/mol. The topological polar surface area (TPSA) is 50.9 Å². The van der Waals surface area contributed by atoms with Gasteiger partial charge in [-0.2, -0.15) is 0 Å². The van der Waals surface area contributed by atoms with Gasteiger partial charge in [-0.15, -0.1) is 0 Å². The van der Waals surface area contributed by atoms with E-state index in [0.717, 1.165) is 30.7 Å². The summed E-state index contributed by atoms with van der Waals surface area (Å²) >= 11 is 0. The van der Waals surface area contributed by atoms with Crippen molar-refractivity contribution in [3.8, 4) is 0 Å². The molecule has 0 saturated carbocycles. The number of aromatic nitrogens is 1. The highest BCUT2D eigenvalue weighted by atomic mass is 14.9. The lowest BCUT2D eigenvalue weighted by molar-refractivity contribution is 0.679. The summed E-state index contributed by atoms with van der Waals surface area (Å²) in [6.07, 6.45) is 2.24. The predicted molar refractivity (Wildman–Crippen MR) is 70.9 cm³/mol. The first kappa shape index (κ1) is 10.5. The molecule has 1 aromatic heterocycles. The van der Waals surface area contributed by atoms with Gasteiger partial charge in [-0.05, 0) is 55.6 Å². The van der Waals surface area contributed by atoms with E-state index >= 15 is 0 Å². The third kappa shape index (κ3) is 1.76. The highest BCUT2D eigenvalue weighted by Gasteiger charge is 2.14. The van der Waals surface area contributed by atoms with Gasteiger partial charge in [0.1, 0.15) is 0 Å². The second-order valence-electron chi connectivity index (χ2n) is 4.72. The highest BCUT2D eigenvalue weighted by molar-refractivity contribution is 5.86. The zero-order valence-corrected chi connectivity index (χ0v) is 10.1. The monoisotopic (exact) mass is 227 g/mol. The van der Waals surface area contributed by atoms with Crippen LogP contribution in [0.1, 0.15) is 23.2 Å². The average Bonchev–Trinajstić information content (AvgIpc) is 2.56. The van der Waals surface area contributed by atoms with Crippen molar-refractivity contribution < 1.29 is 0 Å². The Bertz CT molecular complexity index is 575. The lowest BCUT2D eigenvalue weighted by Gasteiger charge is -2.12. The number of hydrogen-bond acceptors (Lipinski definition) is 3. The van der Waals surface area contributed by atoms with Crippen LogP contribution in [0.25, 0.3) is 10.9 Å². The Balaban J connectivity index is 2.29. The molecule has 1 aromatic carbocycles. The molecule has 0 unspecified atom stereocenters. The molecule has 3 rings (SSSR count). The van der Waals surface area contributed by atoms with E-state index in [4.69, 9.17) is 10.7 Å². The molecular formula is C14H17N3. The molecule has 0 radical (unpaired) electrons.